The highest BCUT2D eigenvalue weighted by atomic mass is 16.5. The molecule has 0 aliphatic rings. The number of para-hydroxylation sites is 2. The predicted octanol–water partition coefficient (Wildman–Crippen LogP) is 3.51. The maximum atomic E-state index is 11.9. The van der Waals surface area contributed by atoms with E-state index in [-0.39, 0.29) is 6.03 Å². The first-order chi connectivity index (χ1) is 9.79. The molecule has 2 N–H and O–H groups in total. The second kappa shape index (κ2) is 7.13. The Hall–Kier alpha value is -2.56. The molecule has 5 heteroatoms. The topological polar surface area (TPSA) is 63.2 Å². The van der Waals surface area contributed by atoms with Gasteiger partial charge in [0.15, 0.2) is 0 Å². The maximum absolute atomic E-state index is 11.9. The van der Waals surface area contributed by atoms with Gasteiger partial charge in [-0.1, -0.05) is 25.1 Å². The van der Waals surface area contributed by atoms with E-state index in [4.69, 9.17) is 4.74 Å². The summed E-state index contributed by atoms with van der Waals surface area (Å²) in [6.45, 7) is 2.64. The third kappa shape index (κ3) is 3.98. The molecule has 0 aliphatic heterocycles. The van der Waals surface area contributed by atoms with Crippen molar-refractivity contribution in [2.24, 2.45) is 0 Å². The van der Waals surface area contributed by atoms with Crippen molar-refractivity contribution in [3.05, 3.63) is 48.7 Å². The van der Waals surface area contributed by atoms with Gasteiger partial charge in [-0.2, -0.15) is 0 Å². The number of carbonyl (C=O) groups is 1. The summed E-state index contributed by atoms with van der Waals surface area (Å²) in [6.07, 6.45) is 2.53. The highest BCUT2D eigenvalue weighted by Crippen LogP contribution is 2.23. The summed E-state index contributed by atoms with van der Waals surface area (Å²) in [4.78, 5) is 15.9. The first kappa shape index (κ1) is 13.9. The number of ether oxygens (including phenoxy) is 1. The lowest BCUT2D eigenvalue weighted by Gasteiger charge is -2.12. The molecule has 0 fully saturated rings. The molecule has 0 radical (unpaired) electrons. The summed E-state index contributed by atoms with van der Waals surface area (Å²) >= 11 is 0. The van der Waals surface area contributed by atoms with Gasteiger partial charge in [-0.3, -0.25) is 5.32 Å². The number of hydrogen-bond donors (Lipinski definition) is 2. The van der Waals surface area contributed by atoms with E-state index in [0.717, 1.165) is 6.42 Å². The van der Waals surface area contributed by atoms with Gasteiger partial charge in [0.1, 0.15) is 11.6 Å². The third-order valence-electron chi connectivity index (χ3n) is 2.50. The van der Waals surface area contributed by atoms with E-state index in [1.165, 1.54) is 0 Å². The molecule has 2 aromatic rings. The van der Waals surface area contributed by atoms with Gasteiger partial charge >= 0.3 is 6.03 Å². The van der Waals surface area contributed by atoms with E-state index in [1.54, 1.807) is 30.5 Å². The molecule has 1 heterocycles. The van der Waals surface area contributed by atoms with Crippen LogP contribution < -0.4 is 15.4 Å². The molecule has 0 bridgehead atoms. The molecule has 0 atom stereocenters. The van der Waals surface area contributed by atoms with Crippen molar-refractivity contribution in [3.8, 4) is 5.75 Å². The molecule has 1 aromatic heterocycles. The van der Waals surface area contributed by atoms with Gasteiger partial charge < -0.3 is 10.1 Å². The van der Waals surface area contributed by atoms with Gasteiger partial charge in [-0.05, 0) is 30.7 Å². The Bertz CT molecular complexity index is 558. The van der Waals surface area contributed by atoms with Gasteiger partial charge in [0.05, 0.1) is 12.3 Å². The Balaban J connectivity index is 2.00. The van der Waals surface area contributed by atoms with Crippen LogP contribution in [0, 0.1) is 0 Å². The fourth-order valence-corrected chi connectivity index (χ4v) is 1.61. The van der Waals surface area contributed by atoms with Gasteiger partial charge in [0.2, 0.25) is 0 Å². The van der Waals surface area contributed by atoms with Crippen LogP contribution in [0.2, 0.25) is 0 Å². The van der Waals surface area contributed by atoms with Gasteiger partial charge in [0, 0.05) is 6.20 Å². The lowest BCUT2D eigenvalue weighted by atomic mass is 10.3. The molecule has 2 amide bonds. The third-order valence-corrected chi connectivity index (χ3v) is 2.50. The first-order valence-corrected chi connectivity index (χ1v) is 6.50. The Morgan fingerprint density at radius 2 is 1.95 bits per heavy atom. The van der Waals surface area contributed by atoms with Crippen LogP contribution in [0.5, 0.6) is 5.75 Å². The normalized spacial score (nSPS) is 9.85. The Labute approximate surface area is 118 Å². The lowest BCUT2D eigenvalue weighted by molar-refractivity contribution is 0.261. The van der Waals surface area contributed by atoms with E-state index < -0.39 is 0 Å². The number of benzene rings is 1. The molecule has 0 saturated carbocycles. The summed E-state index contributed by atoms with van der Waals surface area (Å²) in [7, 11) is 0. The quantitative estimate of drug-likeness (QED) is 0.874. The van der Waals surface area contributed by atoms with Crippen molar-refractivity contribution >= 4 is 17.5 Å². The van der Waals surface area contributed by atoms with Crippen molar-refractivity contribution in [1.29, 1.82) is 0 Å². The summed E-state index contributed by atoms with van der Waals surface area (Å²) < 4.78 is 5.58. The van der Waals surface area contributed by atoms with Gasteiger partial charge in [-0.25, -0.2) is 9.78 Å². The summed E-state index contributed by atoms with van der Waals surface area (Å²) in [5, 5.41) is 5.41. The van der Waals surface area contributed by atoms with Crippen LogP contribution in [0.25, 0.3) is 0 Å². The second-order valence-corrected chi connectivity index (χ2v) is 4.14. The number of pyridine rings is 1. The van der Waals surface area contributed by atoms with Crippen LogP contribution in [0.1, 0.15) is 13.3 Å². The van der Waals surface area contributed by atoms with Crippen molar-refractivity contribution in [3.63, 3.8) is 0 Å². The average molecular weight is 271 g/mol. The minimum absolute atomic E-state index is 0.351. The average Bonchev–Trinajstić information content (AvgIpc) is 2.47. The first-order valence-electron chi connectivity index (χ1n) is 6.50. The second-order valence-electron chi connectivity index (χ2n) is 4.14. The number of urea groups is 1. The number of rotatable bonds is 5. The number of hydrogen-bond acceptors (Lipinski definition) is 3. The van der Waals surface area contributed by atoms with E-state index in [2.05, 4.69) is 15.6 Å². The van der Waals surface area contributed by atoms with Crippen molar-refractivity contribution < 1.29 is 9.53 Å². The van der Waals surface area contributed by atoms with E-state index in [0.29, 0.717) is 23.9 Å². The molecular formula is C15H17N3O2. The monoisotopic (exact) mass is 271 g/mol. The largest absolute Gasteiger partial charge is 0.491 e. The van der Waals surface area contributed by atoms with Crippen LogP contribution >= 0.6 is 0 Å². The molecule has 0 unspecified atom stereocenters. The fourth-order valence-electron chi connectivity index (χ4n) is 1.61. The fraction of sp³-hybridized carbons (Fsp3) is 0.200. The predicted molar refractivity (Wildman–Crippen MR) is 79.1 cm³/mol. The van der Waals surface area contributed by atoms with Crippen LogP contribution in [-0.4, -0.2) is 17.6 Å². The molecule has 5 nitrogen and oxygen atoms in total. The number of carbonyl (C=O) groups excluding carboxylic acids is 1. The molecule has 104 valence electrons. The van der Waals surface area contributed by atoms with Crippen LogP contribution in [0.4, 0.5) is 16.3 Å². The number of anilines is 2. The lowest BCUT2D eigenvalue weighted by Crippen LogP contribution is -2.20. The minimum Gasteiger partial charge on any atom is -0.491 e. The smallest absolute Gasteiger partial charge is 0.324 e. The molecule has 2 rings (SSSR count). The molecule has 0 saturated heterocycles. The summed E-state index contributed by atoms with van der Waals surface area (Å²) in [5.74, 6) is 1.16. The van der Waals surface area contributed by atoms with Gasteiger partial charge in [0.25, 0.3) is 0 Å². The van der Waals surface area contributed by atoms with Crippen LogP contribution in [-0.2, 0) is 0 Å². The van der Waals surface area contributed by atoms with E-state index in [1.807, 2.05) is 25.1 Å². The van der Waals surface area contributed by atoms with Gasteiger partial charge in [-0.15, -0.1) is 0 Å². The van der Waals surface area contributed by atoms with E-state index >= 15 is 0 Å². The van der Waals surface area contributed by atoms with E-state index in [9.17, 15) is 4.79 Å². The Morgan fingerprint density at radius 1 is 1.15 bits per heavy atom. The Morgan fingerprint density at radius 3 is 2.70 bits per heavy atom. The summed E-state index contributed by atoms with van der Waals surface area (Å²) in [6, 6.07) is 12.3. The van der Waals surface area contributed by atoms with Crippen LogP contribution in [0.15, 0.2) is 48.7 Å². The number of aromatic nitrogens is 1. The minimum atomic E-state index is -0.351. The molecule has 0 spiro atoms. The number of nitrogens with zero attached hydrogens (tertiary/aromatic N) is 1. The SMILES string of the molecule is CCCOc1ccccc1NC(=O)Nc1ccccn1. The Kier molecular flexibility index (Phi) is 4.94. The van der Waals surface area contributed by atoms with Crippen molar-refractivity contribution in [1.82, 2.24) is 4.98 Å². The molecule has 20 heavy (non-hydrogen) atoms. The zero-order valence-corrected chi connectivity index (χ0v) is 11.3. The number of nitrogens with one attached hydrogen (secondary N) is 2. The molecular weight excluding hydrogens is 254 g/mol. The zero-order valence-electron chi connectivity index (χ0n) is 11.3. The standard InChI is InChI=1S/C15H17N3O2/c1-2-11-20-13-8-4-3-7-12(13)17-15(19)18-14-9-5-6-10-16-14/h3-10H,2,11H2,1H3,(H2,16,17,18,19). The van der Waals surface area contributed by atoms with Crippen molar-refractivity contribution in [2.45, 2.75) is 13.3 Å². The zero-order chi connectivity index (χ0) is 14.2. The number of amides is 2. The molecule has 1 aromatic carbocycles. The van der Waals surface area contributed by atoms with Crippen LogP contribution in [0.3, 0.4) is 0 Å². The highest BCUT2D eigenvalue weighted by molar-refractivity contribution is 6.00. The maximum Gasteiger partial charge on any atom is 0.324 e. The van der Waals surface area contributed by atoms with Crippen molar-refractivity contribution in [2.75, 3.05) is 17.2 Å². The summed E-state index contributed by atoms with van der Waals surface area (Å²) in [5.41, 5.74) is 0.634. The molecule has 0 aliphatic carbocycles. The highest BCUT2D eigenvalue weighted by Gasteiger charge is 2.07.